The largest absolute Gasteiger partial charge is 0.245 e. The van der Waals surface area contributed by atoms with Crippen molar-refractivity contribution in [3.63, 3.8) is 0 Å². The molecule has 2 saturated heterocycles. The van der Waals surface area contributed by atoms with Crippen LogP contribution >= 0.6 is 27.5 Å². The molecule has 0 saturated carbocycles. The highest BCUT2D eigenvalue weighted by Gasteiger charge is 2.46. The fourth-order valence-electron chi connectivity index (χ4n) is 3.23. The van der Waals surface area contributed by atoms with Crippen molar-refractivity contribution in [1.29, 1.82) is 0 Å². The van der Waals surface area contributed by atoms with E-state index in [1.165, 1.54) is 0 Å². The molecule has 0 aliphatic carbocycles. The molecule has 1 aromatic carbocycles. The minimum Gasteiger partial charge on any atom is -0.207 e. The Morgan fingerprint density at radius 2 is 1.74 bits per heavy atom. The third kappa shape index (κ3) is 2.35. The Bertz CT molecular complexity index is 578. The summed E-state index contributed by atoms with van der Waals surface area (Å²) in [5.74, 6) is 0. The van der Waals surface area contributed by atoms with Gasteiger partial charge in [0.25, 0.3) is 0 Å². The van der Waals surface area contributed by atoms with Crippen LogP contribution in [0, 0.1) is 0 Å². The van der Waals surface area contributed by atoms with Gasteiger partial charge in [-0.15, -0.1) is 0 Å². The van der Waals surface area contributed by atoms with Gasteiger partial charge in [0.05, 0.1) is 5.02 Å². The Balaban J connectivity index is 2.01. The van der Waals surface area contributed by atoms with E-state index in [0.717, 1.165) is 25.7 Å². The van der Waals surface area contributed by atoms with Crippen LogP contribution in [0.2, 0.25) is 5.02 Å². The predicted octanol–water partition coefficient (Wildman–Crippen LogP) is 3.42. The summed E-state index contributed by atoms with van der Waals surface area (Å²) in [6, 6.07) is 6.93. The Hall–Kier alpha value is -0.100. The second-order valence-electron chi connectivity index (χ2n) is 5.22. The molecule has 2 atom stereocenters. The maximum absolute atomic E-state index is 12.8. The molecular weight excluding hydrogens is 350 g/mol. The number of halogens is 2. The summed E-state index contributed by atoms with van der Waals surface area (Å²) in [6.07, 6.45) is 3.69. The molecular formula is C13H15BrClNO2S. The minimum atomic E-state index is -3.47. The lowest BCUT2D eigenvalue weighted by Gasteiger charge is -2.36. The summed E-state index contributed by atoms with van der Waals surface area (Å²) in [5.41, 5.74) is 0. The Kier molecular flexibility index (Phi) is 3.67. The van der Waals surface area contributed by atoms with Crippen molar-refractivity contribution in [2.45, 2.75) is 47.5 Å². The van der Waals surface area contributed by atoms with Gasteiger partial charge < -0.3 is 0 Å². The quantitative estimate of drug-likeness (QED) is 0.754. The molecule has 6 heteroatoms. The number of sulfonamides is 1. The van der Waals surface area contributed by atoms with E-state index in [0.29, 0.717) is 9.85 Å². The Labute approximate surface area is 127 Å². The average molecular weight is 365 g/mol. The number of alkyl halides is 1. The highest BCUT2D eigenvalue weighted by molar-refractivity contribution is 9.09. The zero-order valence-corrected chi connectivity index (χ0v) is 13.5. The van der Waals surface area contributed by atoms with Crippen LogP contribution in [0.15, 0.2) is 29.2 Å². The first-order chi connectivity index (χ1) is 9.00. The molecule has 2 aliphatic heterocycles. The molecule has 2 bridgehead atoms. The van der Waals surface area contributed by atoms with E-state index in [-0.39, 0.29) is 17.0 Å². The summed E-state index contributed by atoms with van der Waals surface area (Å²) >= 11 is 9.68. The van der Waals surface area contributed by atoms with Crippen molar-refractivity contribution >= 4 is 37.6 Å². The number of hydrogen-bond acceptors (Lipinski definition) is 2. The van der Waals surface area contributed by atoms with E-state index in [2.05, 4.69) is 15.9 Å². The standard InChI is InChI=1S/C13H15BrClNO2S/c14-9-7-10-5-6-11(8-9)16(10)19(17,18)13-4-2-1-3-12(13)15/h1-4,9-11H,5-8H2. The predicted molar refractivity (Wildman–Crippen MR) is 79.2 cm³/mol. The van der Waals surface area contributed by atoms with Crippen LogP contribution in [0.25, 0.3) is 0 Å². The van der Waals surface area contributed by atoms with Crippen molar-refractivity contribution in [3.05, 3.63) is 29.3 Å². The van der Waals surface area contributed by atoms with Gasteiger partial charge in [0.2, 0.25) is 10.0 Å². The van der Waals surface area contributed by atoms with Crippen LogP contribution in [0.1, 0.15) is 25.7 Å². The molecule has 0 N–H and O–H groups in total. The van der Waals surface area contributed by atoms with Gasteiger partial charge >= 0.3 is 0 Å². The highest BCUT2D eigenvalue weighted by atomic mass is 79.9. The van der Waals surface area contributed by atoms with Gasteiger partial charge in [0.1, 0.15) is 4.90 Å². The number of fused-ring (bicyclic) bond motifs is 2. The van der Waals surface area contributed by atoms with Gasteiger partial charge in [-0.2, -0.15) is 4.31 Å². The molecule has 3 rings (SSSR count). The van der Waals surface area contributed by atoms with Gasteiger partial charge in [0.15, 0.2) is 0 Å². The summed E-state index contributed by atoms with van der Waals surface area (Å²) < 4.78 is 27.3. The summed E-state index contributed by atoms with van der Waals surface area (Å²) in [7, 11) is -3.47. The van der Waals surface area contributed by atoms with Crippen LogP contribution in [0.5, 0.6) is 0 Å². The van der Waals surface area contributed by atoms with E-state index in [1.54, 1.807) is 28.6 Å². The zero-order valence-electron chi connectivity index (χ0n) is 10.3. The SMILES string of the molecule is O=S(=O)(c1ccccc1Cl)N1C2CCC1CC(Br)C2. The number of rotatable bonds is 2. The maximum atomic E-state index is 12.8. The number of benzene rings is 1. The van der Waals surface area contributed by atoms with Crippen molar-refractivity contribution in [3.8, 4) is 0 Å². The first kappa shape index (κ1) is 13.9. The molecule has 1 aromatic rings. The first-order valence-electron chi connectivity index (χ1n) is 6.42. The molecule has 3 nitrogen and oxygen atoms in total. The van der Waals surface area contributed by atoms with E-state index >= 15 is 0 Å². The monoisotopic (exact) mass is 363 g/mol. The van der Waals surface area contributed by atoms with E-state index in [4.69, 9.17) is 11.6 Å². The van der Waals surface area contributed by atoms with Crippen LogP contribution in [0.4, 0.5) is 0 Å². The van der Waals surface area contributed by atoms with Crippen molar-refractivity contribution in [2.75, 3.05) is 0 Å². The lowest BCUT2D eigenvalue weighted by Crippen LogP contribution is -2.46. The second-order valence-corrected chi connectivity index (χ2v) is 8.73. The van der Waals surface area contributed by atoms with Crippen LogP contribution < -0.4 is 0 Å². The molecule has 19 heavy (non-hydrogen) atoms. The van der Waals surface area contributed by atoms with E-state index in [9.17, 15) is 8.42 Å². The number of piperidine rings is 1. The zero-order chi connectivity index (χ0) is 13.6. The molecule has 2 fully saturated rings. The fraction of sp³-hybridized carbons (Fsp3) is 0.538. The molecule has 2 heterocycles. The van der Waals surface area contributed by atoms with E-state index in [1.807, 2.05) is 0 Å². The van der Waals surface area contributed by atoms with Gasteiger partial charge in [0, 0.05) is 16.9 Å². The van der Waals surface area contributed by atoms with Crippen LogP contribution in [-0.2, 0) is 10.0 Å². The molecule has 0 spiro atoms. The van der Waals surface area contributed by atoms with Gasteiger partial charge in [-0.3, -0.25) is 0 Å². The molecule has 104 valence electrons. The molecule has 2 aliphatic rings. The van der Waals surface area contributed by atoms with Crippen molar-refractivity contribution in [1.82, 2.24) is 4.31 Å². The lowest BCUT2D eigenvalue weighted by molar-refractivity contribution is 0.255. The summed E-state index contributed by atoms with van der Waals surface area (Å²) in [5, 5.41) is 0.308. The van der Waals surface area contributed by atoms with Gasteiger partial charge in [-0.1, -0.05) is 39.7 Å². The number of nitrogens with zero attached hydrogens (tertiary/aromatic N) is 1. The highest BCUT2D eigenvalue weighted by Crippen LogP contribution is 2.42. The second kappa shape index (κ2) is 5.02. The maximum Gasteiger partial charge on any atom is 0.245 e. The topological polar surface area (TPSA) is 37.4 Å². The fourth-order valence-corrected chi connectivity index (χ4v) is 6.48. The molecule has 0 radical (unpaired) electrons. The van der Waals surface area contributed by atoms with E-state index < -0.39 is 10.0 Å². The first-order valence-corrected chi connectivity index (χ1v) is 9.15. The van der Waals surface area contributed by atoms with Crippen molar-refractivity contribution < 1.29 is 8.42 Å². The third-order valence-electron chi connectivity index (χ3n) is 4.00. The lowest BCUT2D eigenvalue weighted by atomic mass is 10.1. The smallest absolute Gasteiger partial charge is 0.207 e. The summed E-state index contributed by atoms with van der Waals surface area (Å²) in [4.78, 5) is 0.671. The summed E-state index contributed by atoms with van der Waals surface area (Å²) in [6.45, 7) is 0. The van der Waals surface area contributed by atoms with Gasteiger partial charge in [-0.05, 0) is 37.8 Å². The van der Waals surface area contributed by atoms with Crippen molar-refractivity contribution in [2.24, 2.45) is 0 Å². The Morgan fingerprint density at radius 3 is 2.32 bits per heavy atom. The molecule has 0 aromatic heterocycles. The van der Waals surface area contributed by atoms with Crippen LogP contribution in [0.3, 0.4) is 0 Å². The number of hydrogen-bond donors (Lipinski definition) is 0. The Morgan fingerprint density at radius 1 is 1.16 bits per heavy atom. The minimum absolute atomic E-state index is 0.115. The normalized spacial score (nSPS) is 31.6. The van der Waals surface area contributed by atoms with Crippen LogP contribution in [-0.4, -0.2) is 29.6 Å². The van der Waals surface area contributed by atoms with Gasteiger partial charge in [-0.25, -0.2) is 8.42 Å². The third-order valence-corrected chi connectivity index (χ3v) is 7.25. The average Bonchev–Trinajstić information content (AvgIpc) is 2.63. The molecule has 2 unspecified atom stereocenters. The molecule has 0 amide bonds.